The number of carbonyl (C=O) groups excluding carboxylic acids is 1. The van der Waals surface area contributed by atoms with Crippen LogP contribution in [0.25, 0.3) is 22.2 Å². The predicted molar refractivity (Wildman–Crippen MR) is 125 cm³/mol. The number of carbonyl (C=O) groups is 1. The van der Waals surface area contributed by atoms with Crippen molar-refractivity contribution in [3.63, 3.8) is 0 Å². The van der Waals surface area contributed by atoms with Crippen LogP contribution in [0.3, 0.4) is 0 Å². The summed E-state index contributed by atoms with van der Waals surface area (Å²) in [6, 6.07) is 6.89. The highest BCUT2D eigenvalue weighted by molar-refractivity contribution is 6.04. The Morgan fingerprint density at radius 3 is 2.61 bits per heavy atom. The van der Waals surface area contributed by atoms with Crippen LogP contribution in [0.5, 0.6) is 0 Å². The van der Waals surface area contributed by atoms with E-state index in [9.17, 15) is 4.79 Å². The molecule has 2 aliphatic rings. The van der Waals surface area contributed by atoms with Crippen LogP contribution in [0.4, 0.5) is 5.82 Å². The highest BCUT2D eigenvalue weighted by Gasteiger charge is 2.32. The van der Waals surface area contributed by atoms with Gasteiger partial charge >= 0.3 is 0 Å². The molecule has 1 saturated heterocycles. The number of hydrogen-bond acceptors (Lipinski definition) is 6. The second-order valence-corrected chi connectivity index (χ2v) is 9.02. The molecule has 0 radical (unpaired) electrons. The molecular weight excluding hydrogens is 416 g/mol. The van der Waals surface area contributed by atoms with Gasteiger partial charge in [-0.2, -0.15) is 10.2 Å². The Bertz CT molecular complexity index is 1310. The Labute approximate surface area is 191 Å². The van der Waals surface area contributed by atoms with Crippen LogP contribution >= 0.6 is 0 Å². The number of fused-ring (bicyclic) bond motifs is 1. The largest absolute Gasteiger partial charge is 0.306 e. The number of pyridine rings is 2. The Balaban J connectivity index is 1.15. The topological polar surface area (TPSA) is 93.8 Å². The van der Waals surface area contributed by atoms with Crippen molar-refractivity contribution in [2.45, 2.75) is 37.8 Å². The molecule has 33 heavy (non-hydrogen) atoms. The van der Waals surface area contributed by atoms with Crippen molar-refractivity contribution in [1.82, 2.24) is 34.4 Å². The van der Waals surface area contributed by atoms with E-state index in [0.717, 1.165) is 54.1 Å². The third-order valence-corrected chi connectivity index (χ3v) is 6.62. The van der Waals surface area contributed by atoms with Gasteiger partial charge in [-0.3, -0.25) is 14.2 Å². The number of hydrogen-bond donors (Lipinski definition) is 1. The van der Waals surface area contributed by atoms with Crippen LogP contribution in [0.2, 0.25) is 0 Å². The number of nitrogens with one attached hydrogen (secondary N) is 1. The molecule has 1 amide bonds. The van der Waals surface area contributed by atoms with E-state index in [2.05, 4.69) is 25.4 Å². The molecule has 0 aromatic carbocycles. The predicted octanol–water partition coefficient (Wildman–Crippen LogP) is 3.28. The molecule has 4 aromatic heterocycles. The maximum absolute atomic E-state index is 12.8. The van der Waals surface area contributed by atoms with E-state index in [1.54, 1.807) is 29.3 Å². The monoisotopic (exact) mass is 442 g/mol. The summed E-state index contributed by atoms with van der Waals surface area (Å²) in [5.74, 6) is 0.251. The molecule has 1 saturated carbocycles. The number of nitrogens with zero attached hydrogens (tertiary/aromatic N) is 7. The average molecular weight is 443 g/mol. The fourth-order valence-corrected chi connectivity index (χ4v) is 4.60. The first-order chi connectivity index (χ1) is 16.1. The highest BCUT2D eigenvalue weighted by Crippen LogP contribution is 2.32. The Kier molecular flexibility index (Phi) is 4.91. The summed E-state index contributed by atoms with van der Waals surface area (Å²) < 4.78 is 3.70. The minimum atomic E-state index is -0.216. The van der Waals surface area contributed by atoms with Gasteiger partial charge in [-0.25, -0.2) is 9.97 Å². The van der Waals surface area contributed by atoms with E-state index in [4.69, 9.17) is 4.98 Å². The number of rotatable bonds is 5. The number of anilines is 1. The summed E-state index contributed by atoms with van der Waals surface area (Å²) in [5.41, 5.74) is 3.07. The van der Waals surface area contributed by atoms with Crippen LogP contribution in [0, 0.1) is 0 Å². The van der Waals surface area contributed by atoms with Gasteiger partial charge in [0.15, 0.2) is 0 Å². The van der Waals surface area contributed by atoms with Gasteiger partial charge in [-0.1, -0.05) is 0 Å². The third-order valence-electron chi connectivity index (χ3n) is 6.62. The molecular formula is C24H26N8O. The first-order valence-electron chi connectivity index (χ1n) is 11.5. The summed E-state index contributed by atoms with van der Waals surface area (Å²) in [7, 11) is 1.88. The van der Waals surface area contributed by atoms with Gasteiger partial charge in [0, 0.05) is 61.8 Å². The van der Waals surface area contributed by atoms with Gasteiger partial charge < -0.3 is 10.2 Å². The first kappa shape index (κ1) is 20.0. The Morgan fingerprint density at radius 2 is 1.85 bits per heavy atom. The lowest BCUT2D eigenvalue weighted by molar-refractivity contribution is 0.102. The van der Waals surface area contributed by atoms with E-state index in [-0.39, 0.29) is 5.91 Å². The van der Waals surface area contributed by atoms with Crippen LogP contribution in [0.1, 0.15) is 42.1 Å². The van der Waals surface area contributed by atoms with Gasteiger partial charge in [0.1, 0.15) is 5.82 Å². The van der Waals surface area contributed by atoms with Crippen LogP contribution < -0.4 is 5.32 Å². The first-order valence-corrected chi connectivity index (χ1v) is 11.5. The van der Waals surface area contributed by atoms with E-state index < -0.39 is 0 Å². The third kappa shape index (κ3) is 4.11. The summed E-state index contributed by atoms with van der Waals surface area (Å²) in [6.45, 7) is 2.23. The van der Waals surface area contributed by atoms with Crippen molar-refractivity contribution in [2.75, 3.05) is 18.4 Å². The van der Waals surface area contributed by atoms with Crippen LogP contribution in [-0.4, -0.2) is 59.5 Å². The molecule has 0 spiro atoms. The summed E-state index contributed by atoms with van der Waals surface area (Å²) in [4.78, 5) is 24.5. The van der Waals surface area contributed by atoms with Gasteiger partial charge in [0.2, 0.25) is 0 Å². The van der Waals surface area contributed by atoms with Crippen molar-refractivity contribution >= 4 is 22.6 Å². The van der Waals surface area contributed by atoms with Crippen molar-refractivity contribution < 1.29 is 4.79 Å². The van der Waals surface area contributed by atoms with E-state index in [1.807, 2.05) is 36.3 Å². The number of likely N-dealkylation sites (tertiary alicyclic amines) is 1. The van der Waals surface area contributed by atoms with Crippen molar-refractivity contribution in [3.05, 3.63) is 54.7 Å². The van der Waals surface area contributed by atoms with Crippen molar-refractivity contribution in [2.24, 2.45) is 7.05 Å². The molecule has 0 unspecified atom stereocenters. The Morgan fingerprint density at radius 1 is 1.00 bits per heavy atom. The second kappa shape index (κ2) is 8.08. The molecule has 4 aromatic rings. The lowest BCUT2D eigenvalue weighted by Gasteiger charge is -2.32. The quantitative estimate of drug-likeness (QED) is 0.510. The zero-order chi connectivity index (χ0) is 22.4. The van der Waals surface area contributed by atoms with Crippen molar-refractivity contribution in [1.29, 1.82) is 0 Å². The number of aryl methyl sites for hydroxylation is 1. The molecule has 1 aliphatic carbocycles. The lowest BCUT2D eigenvalue weighted by Crippen LogP contribution is -2.36. The average Bonchev–Trinajstić information content (AvgIpc) is 3.40. The van der Waals surface area contributed by atoms with Crippen LogP contribution in [-0.2, 0) is 7.05 Å². The summed E-state index contributed by atoms with van der Waals surface area (Å²) in [6.07, 6.45) is 13.8. The molecule has 9 heteroatoms. The molecule has 9 nitrogen and oxygen atoms in total. The summed E-state index contributed by atoms with van der Waals surface area (Å²) in [5, 5.41) is 12.5. The number of amides is 1. The molecule has 1 aliphatic heterocycles. The Hall–Kier alpha value is -3.59. The minimum absolute atomic E-state index is 0.216. The maximum atomic E-state index is 12.8. The minimum Gasteiger partial charge on any atom is -0.306 e. The van der Waals surface area contributed by atoms with E-state index in [1.165, 1.54) is 12.8 Å². The molecule has 6 rings (SSSR count). The molecule has 168 valence electrons. The lowest BCUT2D eigenvalue weighted by atomic mass is 10.1. The standard InChI is InChI=1S/C24H26N8O/c1-30-14-17(12-26-30)21-5-2-16-11-25-23(10-22(16)28-21)29-24(33)18-13-27-32(15-18)20-6-8-31(9-7-20)19-3-4-19/h2,5,10-15,19-20H,3-4,6-9H2,1H3,(H,25,29,33). The van der Waals surface area contributed by atoms with E-state index >= 15 is 0 Å². The number of piperidine rings is 1. The van der Waals surface area contributed by atoms with Gasteiger partial charge in [0.25, 0.3) is 5.91 Å². The molecule has 1 N–H and O–H groups in total. The number of aromatic nitrogens is 6. The molecule has 5 heterocycles. The molecule has 0 bridgehead atoms. The SMILES string of the molecule is Cn1cc(-c2ccc3cnc(NC(=O)c4cnn(C5CCN(C6CC6)CC5)c4)cc3n2)cn1. The smallest absolute Gasteiger partial charge is 0.260 e. The van der Waals surface area contributed by atoms with Crippen LogP contribution in [0.15, 0.2) is 49.2 Å². The highest BCUT2D eigenvalue weighted by atomic mass is 16.1. The normalized spacial score (nSPS) is 17.5. The van der Waals surface area contributed by atoms with Gasteiger partial charge in [-0.05, 0) is 37.8 Å². The zero-order valence-corrected chi connectivity index (χ0v) is 18.6. The zero-order valence-electron chi connectivity index (χ0n) is 18.6. The van der Waals surface area contributed by atoms with E-state index in [0.29, 0.717) is 17.4 Å². The molecule has 2 fully saturated rings. The fraction of sp³-hybridized carbons (Fsp3) is 0.375. The van der Waals surface area contributed by atoms with Crippen molar-refractivity contribution in [3.8, 4) is 11.3 Å². The summed E-state index contributed by atoms with van der Waals surface area (Å²) >= 11 is 0. The van der Waals surface area contributed by atoms with Gasteiger partial charge in [-0.15, -0.1) is 0 Å². The fourth-order valence-electron chi connectivity index (χ4n) is 4.60. The maximum Gasteiger partial charge on any atom is 0.260 e. The molecule has 0 atom stereocenters. The van der Waals surface area contributed by atoms with Gasteiger partial charge in [0.05, 0.1) is 35.2 Å². The second-order valence-electron chi connectivity index (χ2n) is 9.02.